The number of anilines is 1. The number of hydrogen-bond acceptors (Lipinski definition) is 4. The summed E-state index contributed by atoms with van der Waals surface area (Å²) in [4.78, 5) is 15.8. The van der Waals surface area contributed by atoms with Gasteiger partial charge in [0.2, 0.25) is 0 Å². The van der Waals surface area contributed by atoms with Gasteiger partial charge in [-0.3, -0.25) is 5.32 Å². The molecule has 2 N–H and O–H groups in total. The van der Waals surface area contributed by atoms with Crippen molar-refractivity contribution in [3.05, 3.63) is 11.6 Å². The number of urea groups is 1. The molecular formula is C12H19N3O2S. The largest absolute Gasteiger partial charge is 0.378 e. The van der Waals surface area contributed by atoms with Crippen LogP contribution >= 0.6 is 11.3 Å². The summed E-state index contributed by atoms with van der Waals surface area (Å²) in [7, 11) is 1.72. The number of amides is 2. The maximum Gasteiger partial charge on any atom is 0.321 e. The number of carbonyl (C=O) groups excluding carboxylic acids is 1. The van der Waals surface area contributed by atoms with Gasteiger partial charge in [-0.15, -0.1) is 11.3 Å². The molecule has 5 nitrogen and oxygen atoms in total. The van der Waals surface area contributed by atoms with Gasteiger partial charge in [-0.2, -0.15) is 0 Å². The van der Waals surface area contributed by atoms with Crippen LogP contribution in [0.3, 0.4) is 0 Å². The van der Waals surface area contributed by atoms with Crippen LogP contribution in [0, 0.1) is 5.41 Å². The number of ether oxygens (including phenoxy) is 1. The van der Waals surface area contributed by atoms with Crippen molar-refractivity contribution in [2.24, 2.45) is 5.41 Å². The van der Waals surface area contributed by atoms with Crippen LogP contribution in [-0.2, 0) is 4.74 Å². The number of thiazole rings is 1. The fourth-order valence-electron chi connectivity index (χ4n) is 2.30. The zero-order valence-corrected chi connectivity index (χ0v) is 11.9. The van der Waals surface area contributed by atoms with E-state index in [9.17, 15) is 4.79 Å². The summed E-state index contributed by atoms with van der Waals surface area (Å²) in [5.41, 5.74) is -0.256. The monoisotopic (exact) mass is 269 g/mol. The summed E-state index contributed by atoms with van der Waals surface area (Å²) >= 11 is 1.40. The minimum Gasteiger partial charge on any atom is -0.378 e. The Morgan fingerprint density at radius 1 is 1.56 bits per heavy atom. The van der Waals surface area contributed by atoms with Crippen LogP contribution in [0.1, 0.15) is 27.2 Å². The summed E-state index contributed by atoms with van der Waals surface area (Å²) in [6.45, 7) is 6.28. The van der Waals surface area contributed by atoms with Crippen molar-refractivity contribution >= 4 is 22.5 Å². The molecule has 1 aromatic rings. The Labute approximate surface area is 111 Å². The summed E-state index contributed by atoms with van der Waals surface area (Å²) in [6.07, 6.45) is 2.48. The lowest BCUT2D eigenvalue weighted by Crippen LogP contribution is -2.68. The number of nitrogens with zero attached hydrogens (tertiary/aromatic N) is 1. The van der Waals surface area contributed by atoms with Crippen LogP contribution in [0.5, 0.6) is 0 Å². The molecule has 1 fully saturated rings. The number of nitrogens with one attached hydrogen (secondary N) is 2. The summed E-state index contributed by atoms with van der Waals surface area (Å²) in [5.74, 6) is 0. The molecule has 1 aliphatic rings. The molecule has 0 aromatic carbocycles. The number of rotatable bonds is 3. The quantitative estimate of drug-likeness (QED) is 0.886. The van der Waals surface area contributed by atoms with Gasteiger partial charge in [0.15, 0.2) is 5.13 Å². The Morgan fingerprint density at radius 2 is 2.28 bits per heavy atom. The Morgan fingerprint density at radius 3 is 2.78 bits per heavy atom. The van der Waals surface area contributed by atoms with Crippen LogP contribution in [0.4, 0.5) is 9.93 Å². The van der Waals surface area contributed by atoms with E-state index in [0.717, 1.165) is 6.42 Å². The van der Waals surface area contributed by atoms with E-state index in [2.05, 4.69) is 36.4 Å². The number of carbonyl (C=O) groups is 1. The van der Waals surface area contributed by atoms with Crippen molar-refractivity contribution in [1.82, 2.24) is 10.3 Å². The second kappa shape index (κ2) is 4.51. The Bertz CT molecular complexity index is 433. The average Bonchev–Trinajstić information content (AvgIpc) is 2.80. The predicted molar refractivity (Wildman–Crippen MR) is 71.9 cm³/mol. The fourth-order valence-corrected chi connectivity index (χ4v) is 2.82. The average molecular weight is 269 g/mol. The lowest BCUT2D eigenvalue weighted by Gasteiger charge is -2.58. The van der Waals surface area contributed by atoms with E-state index < -0.39 is 0 Å². The van der Waals surface area contributed by atoms with Gasteiger partial charge in [-0.05, 0) is 13.3 Å². The SMILES string of the molecule is CO[C@]1(C)C[C@H](NC(=O)Nc2nccs2)C1(C)C. The third-order valence-electron chi connectivity index (χ3n) is 4.24. The van der Waals surface area contributed by atoms with E-state index in [-0.39, 0.29) is 23.1 Å². The van der Waals surface area contributed by atoms with E-state index in [4.69, 9.17) is 4.74 Å². The van der Waals surface area contributed by atoms with Crippen molar-refractivity contribution in [2.75, 3.05) is 12.4 Å². The summed E-state index contributed by atoms with van der Waals surface area (Å²) < 4.78 is 5.52. The molecule has 2 amide bonds. The Kier molecular flexibility index (Phi) is 3.33. The Balaban J connectivity index is 1.90. The van der Waals surface area contributed by atoms with Crippen LogP contribution < -0.4 is 10.6 Å². The first-order valence-electron chi connectivity index (χ1n) is 5.91. The molecule has 18 heavy (non-hydrogen) atoms. The zero-order chi connectivity index (χ0) is 13.4. The minimum atomic E-state index is -0.207. The van der Waals surface area contributed by atoms with Crippen molar-refractivity contribution in [1.29, 1.82) is 0 Å². The van der Waals surface area contributed by atoms with Gasteiger partial charge < -0.3 is 10.1 Å². The number of methoxy groups -OCH3 is 1. The molecule has 1 aliphatic carbocycles. The molecule has 0 aliphatic heterocycles. The summed E-state index contributed by atoms with van der Waals surface area (Å²) in [6, 6.07) is -0.0939. The first-order chi connectivity index (χ1) is 8.39. The molecule has 2 atom stereocenters. The van der Waals surface area contributed by atoms with Crippen molar-refractivity contribution in [3.63, 3.8) is 0 Å². The topological polar surface area (TPSA) is 63.2 Å². The molecule has 0 spiro atoms. The first-order valence-corrected chi connectivity index (χ1v) is 6.79. The molecule has 0 bridgehead atoms. The van der Waals surface area contributed by atoms with Crippen molar-refractivity contribution in [3.8, 4) is 0 Å². The van der Waals surface area contributed by atoms with E-state index in [0.29, 0.717) is 5.13 Å². The maximum absolute atomic E-state index is 11.8. The molecule has 1 saturated carbocycles. The number of aromatic nitrogens is 1. The zero-order valence-electron chi connectivity index (χ0n) is 11.1. The van der Waals surface area contributed by atoms with Gasteiger partial charge in [0.05, 0.1) is 5.60 Å². The van der Waals surface area contributed by atoms with Gasteiger partial charge in [-0.25, -0.2) is 9.78 Å². The molecule has 2 rings (SSSR count). The fraction of sp³-hybridized carbons (Fsp3) is 0.667. The maximum atomic E-state index is 11.8. The van der Waals surface area contributed by atoms with E-state index in [1.54, 1.807) is 13.3 Å². The third kappa shape index (κ3) is 2.10. The van der Waals surface area contributed by atoms with Gasteiger partial charge in [-0.1, -0.05) is 13.8 Å². The highest BCUT2D eigenvalue weighted by atomic mass is 32.1. The molecular weight excluding hydrogens is 250 g/mol. The standard InChI is InChI=1S/C12H19N3O2S/c1-11(2)8(7-12(11,3)17-4)14-9(16)15-10-13-5-6-18-10/h5-6,8H,7H2,1-4H3,(H2,13,14,15,16)/t8-,12+/m0/s1. The van der Waals surface area contributed by atoms with E-state index in [1.165, 1.54) is 11.3 Å². The second-order valence-electron chi connectivity index (χ2n) is 5.35. The lowest BCUT2D eigenvalue weighted by atomic mass is 9.56. The highest BCUT2D eigenvalue weighted by Crippen LogP contribution is 2.51. The van der Waals surface area contributed by atoms with Gasteiger partial charge in [0.25, 0.3) is 0 Å². The van der Waals surface area contributed by atoms with Gasteiger partial charge in [0.1, 0.15) is 0 Å². The van der Waals surface area contributed by atoms with Crippen LogP contribution in [-0.4, -0.2) is 29.8 Å². The second-order valence-corrected chi connectivity index (χ2v) is 6.24. The normalized spacial score (nSPS) is 29.4. The van der Waals surface area contributed by atoms with Crippen molar-refractivity contribution < 1.29 is 9.53 Å². The first kappa shape index (κ1) is 13.3. The van der Waals surface area contributed by atoms with Crippen LogP contribution in [0.2, 0.25) is 0 Å². The molecule has 0 unspecified atom stereocenters. The van der Waals surface area contributed by atoms with Crippen molar-refractivity contribution in [2.45, 2.75) is 38.8 Å². The van der Waals surface area contributed by atoms with Crippen LogP contribution in [0.15, 0.2) is 11.6 Å². The third-order valence-corrected chi connectivity index (χ3v) is 4.92. The van der Waals surface area contributed by atoms with E-state index in [1.807, 2.05) is 5.38 Å². The molecule has 1 aromatic heterocycles. The molecule has 0 radical (unpaired) electrons. The van der Waals surface area contributed by atoms with E-state index >= 15 is 0 Å². The molecule has 0 saturated heterocycles. The highest BCUT2D eigenvalue weighted by Gasteiger charge is 2.58. The lowest BCUT2D eigenvalue weighted by molar-refractivity contribution is -0.177. The predicted octanol–water partition coefficient (Wildman–Crippen LogP) is 2.47. The molecule has 1 heterocycles. The molecule has 100 valence electrons. The highest BCUT2D eigenvalue weighted by molar-refractivity contribution is 7.13. The minimum absolute atomic E-state index is 0.0814. The van der Waals surface area contributed by atoms with Gasteiger partial charge >= 0.3 is 6.03 Å². The molecule has 6 heteroatoms. The number of hydrogen-bond donors (Lipinski definition) is 2. The van der Waals surface area contributed by atoms with Gasteiger partial charge in [0, 0.05) is 30.1 Å². The van der Waals surface area contributed by atoms with Crippen LogP contribution in [0.25, 0.3) is 0 Å². The summed E-state index contributed by atoms with van der Waals surface area (Å²) in [5, 5.41) is 8.13. The Hall–Kier alpha value is -1.14. The smallest absolute Gasteiger partial charge is 0.321 e.